The number of allylic oxidation sites excluding steroid dienone is 8. The molecule has 6 heteroatoms. The first kappa shape index (κ1) is 65.4. The number of esters is 3. The number of rotatable bonds is 54. The van der Waals surface area contributed by atoms with Gasteiger partial charge in [0.25, 0.3) is 0 Å². The van der Waals surface area contributed by atoms with E-state index in [1.807, 2.05) is 0 Å². The van der Waals surface area contributed by atoms with Gasteiger partial charge in [0.15, 0.2) is 6.10 Å². The minimum atomic E-state index is -0.780. The highest BCUT2D eigenvalue weighted by atomic mass is 16.6. The fourth-order valence-corrected chi connectivity index (χ4v) is 8.56. The van der Waals surface area contributed by atoms with Crippen LogP contribution < -0.4 is 0 Å². The first-order chi connectivity index (χ1) is 33.5. The average Bonchev–Trinajstić information content (AvgIpc) is 3.34. The monoisotopic (exact) mass is 953 g/mol. The van der Waals surface area contributed by atoms with Crippen molar-refractivity contribution in [3.63, 3.8) is 0 Å². The van der Waals surface area contributed by atoms with E-state index in [9.17, 15) is 14.4 Å². The smallest absolute Gasteiger partial charge is 0.306 e. The SMILES string of the molecule is CCCCC/C=C\C/C=C\CCCCCCCCCCCC(=O)OCC(COC(=O)CCCCCCCCCCCCCCCCC)OC(=O)CCCCCCC/C=C\C/C=C\CCCCCC. The Morgan fingerprint density at radius 1 is 0.294 bits per heavy atom. The molecule has 0 bridgehead atoms. The van der Waals surface area contributed by atoms with Crippen LogP contribution in [0.3, 0.4) is 0 Å². The van der Waals surface area contributed by atoms with E-state index in [1.54, 1.807) is 0 Å². The second kappa shape index (κ2) is 57.0. The van der Waals surface area contributed by atoms with Crippen molar-refractivity contribution in [1.29, 1.82) is 0 Å². The van der Waals surface area contributed by atoms with Crippen LogP contribution in [0.4, 0.5) is 0 Å². The lowest BCUT2D eigenvalue weighted by molar-refractivity contribution is -0.167. The number of hydrogen-bond acceptors (Lipinski definition) is 6. The first-order valence-corrected chi connectivity index (χ1v) is 29.6. The van der Waals surface area contributed by atoms with E-state index in [-0.39, 0.29) is 31.1 Å². The zero-order chi connectivity index (χ0) is 49.3. The largest absolute Gasteiger partial charge is 0.462 e. The molecule has 396 valence electrons. The Morgan fingerprint density at radius 2 is 0.529 bits per heavy atom. The molecule has 0 radical (unpaired) electrons. The number of ether oxygens (including phenoxy) is 3. The minimum Gasteiger partial charge on any atom is -0.462 e. The van der Waals surface area contributed by atoms with Crippen LogP contribution in [0.15, 0.2) is 48.6 Å². The molecule has 0 N–H and O–H groups in total. The maximum absolute atomic E-state index is 12.9. The zero-order valence-electron chi connectivity index (χ0n) is 45.4. The number of hydrogen-bond donors (Lipinski definition) is 0. The third-order valence-corrected chi connectivity index (χ3v) is 13.1. The summed E-state index contributed by atoms with van der Waals surface area (Å²) in [6.45, 7) is 6.62. The van der Waals surface area contributed by atoms with Crippen LogP contribution in [-0.2, 0) is 28.6 Å². The summed E-state index contributed by atoms with van der Waals surface area (Å²) in [6.07, 6.45) is 69.5. The molecule has 1 unspecified atom stereocenters. The van der Waals surface area contributed by atoms with Crippen LogP contribution in [0.5, 0.6) is 0 Å². The Hall–Kier alpha value is -2.63. The molecule has 0 fully saturated rings. The van der Waals surface area contributed by atoms with Crippen molar-refractivity contribution >= 4 is 17.9 Å². The average molecular weight is 954 g/mol. The van der Waals surface area contributed by atoms with Crippen LogP contribution >= 0.6 is 0 Å². The lowest BCUT2D eigenvalue weighted by Gasteiger charge is -2.18. The van der Waals surface area contributed by atoms with Crippen LogP contribution in [0.1, 0.15) is 310 Å². The van der Waals surface area contributed by atoms with Crippen LogP contribution in [0, 0.1) is 0 Å². The molecule has 0 heterocycles. The van der Waals surface area contributed by atoms with Crippen LogP contribution in [-0.4, -0.2) is 37.2 Å². The highest BCUT2D eigenvalue weighted by Gasteiger charge is 2.19. The summed E-state index contributed by atoms with van der Waals surface area (Å²) in [5.41, 5.74) is 0. The third kappa shape index (κ3) is 54.3. The fourth-order valence-electron chi connectivity index (χ4n) is 8.56. The molecule has 0 saturated heterocycles. The summed E-state index contributed by atoms with van der Waals surface area (Å²) < 4.78 is 16.9. The van der Waals surface area contributed by atoms with Gasteiger partial charge in [0.05, 0.1) is 0 Å². The first-order valence-electron chi connectivity index (χ1n) is 29.6. The van der Waals surface area contributed by atoms with Gasteiger partial charge in [-0.1, -0.05) is 256 Å². The Morgan fingerprint density at radius 3 is 0.853 bits per heavy atom. The van der Waals surface area contributed by atoms with Crippen molar-refractivity contribution < 1.29 is 28.6 Å². The quantitative estimate of drug-likeness (QED) is 0.0262. The van der Waals surface area contributed by atoms with Gasteiger partial charge in [-0.2, -0.15) is 0 Å². The zero-order valence-corrected chi connectivity index (χ0v) is 45.4. The summed E-state index contributed by atoms with van der Waals surface area (Å²) in [4.78, 5) is 38.2. The lowest BCUT2D eigenvalue weighted by atomic mass is 10.0. The molecular formula is C62H112O6. The van der Waals surface area contributed by atoms with Crippen molar-refractivity contribution in [3.05, 3.63) is 48.6 Å². The normalized spacial score (nSPS) is 12.3. The Kier molecular flexibility index (Phi) is 54.8. The van der Waals surface area contributed by atoms with E-state index in [1.165, 1.54) is 180 Å². The van der Waals surface area contributed by atoms with Gasteiger partial charge in [-0.3, -0.25) is 14.4 Å². The standard InChI is InChI=1S/C62H112O6/c1-4-7-10-13-16-19-22-25-28-30-31-32-35-37-40-43-46-49-52-55-61(64)67-58-59(57-66-60(63)54-51-48-45-42-39-36-33-27-24-21-18-15-12-9-6-3)68-62(65)56-53-50-47-44-41-38-34-29-26-23-20-17-14-11-8-5-2/h16,19-20,23,25,28-29,34,59H,4-15,17-18,21-22,24,26-27,30-33,35-58H2,1-3H3/b19-16-,23-20-,28-25-,34-29-. The highest BCUT2D eigenvalue weighted by Crippen LogP contribution is 2.16. The van der Waals surface area contributed by atoms with Gasteiger partial charge in [-0.05, 0) is 83.5 Å². The minimum absolute atomic E-state index is 0.0770. The third-order valence-electron chi connectivity index (χ3n) is 13.1. The lowest BCUT2D eigenvalue weighted by Crippen LogP contribution is -2.30. The Bertz CT molecular complexity index is 1190. The maximum Gasteiger partial charge on any atom is 0.306 e. The molecule has 0 aromatic heterocycles. The highest BCUT2D eigenvalue weighted by molar-refractivity contribution is 5.71. The molecule has 0 spiro atoms. The van der Waals surface area contributed by atoms with Gasteiger partial charge in [0.1, 0.15) is 13.2 Å². The predicted octanol–water partition coefficient (Wildman–Crippen LogP) is 19.8. The van der Waals surface area contributed by atoms with E-state index in [4.69, 9.17) is 14.2 Å². The van der Waals surface area contributed by atoms with Crippen LogP contribution in [0.2, 0.25) is 0 Å². The van der Waals surface area contributed by atoms with Crippen molar-refractivity contribution in [2.24, 2.45) is 0 Å². The topological polar surface area (TPSA) is 78.9 Å². The summed E-state index contributed by atoms with van der Waals surface area (Å²) in [7, 11) is 0. The number of unbranched alkanes of at least 4 members (excludes halogenated alkanes) is 35. The number of carbonyl (C=O) groups excluding carboxylic acids is 3. The van der Waals surface area contributed by atoms with Crippen LogP contribution in [0.25, 0.3) is 0 Å². The summed E-state index contributed by atoms with van der Waals surface area (Å²) >= 11 is 0. The summed E-state index contributed by atoms with van der Waals surface area (Å²) in [5, 5.41) is 0. The van der Waals surface area contributed by atoms with E-state index >= 15 is 0 Å². The van der Waals surface area contributed by atoms with Crippen molar-refractivity contribution in [3.8, 4) is 0 Å². The molecule has 0 amide bonds. The fraction of sp³-hybridized carbons (Fsp3) is 0.823. The van der Waals surface area contributed by atoms with Crippen molar-refractivity contribution in [1.82, 2.24) is 0 Å². The van der Waals surface area contributed by atoms with Gasteiger partial charge in [0.2, 0.25) is 0 Å². The van der Waals surface area contributed by atoms with E-state index in [0.29, 0.717) is 19.3 Å². The molecule has 1 atom stereocenters. The molecule has 0 aromatic carbocycles. The van der Waals surface area contributed by atoms with Crippen molar-refractivity contribution in [2.75, 3.05) is 13.2 Å². The molecular weight excluding hydrogens is 841 g/mol. The molecule has 68 heavy (non-hydrogen) atoms. The van der Waals surface area contributed by atoms with Gasteiger partial charge in [-0.25, -0.2) is 0 Å². The Balaban J connectivity index is 4.37. The molecule has 0 saturated carbocycles. The van der Waals surface area contributed by atoms with E-state index in [2.05, 4.69) is 69.4 Å². The molecule has 0 aliphatic carbocycles. The second-order valence-electron chi connectivity index (χ2n) is 19.9. The van der Waals surface area contributed by atoms with Gasteiger partial charge in [0, 0.05) is 19.3 Å². The van der Waals surface area contributed by atoms with Gasteiger partial charge < -0.3 is 14.2 Å². The molecule has 0 aliphatic rings. The second-order valence-corrected chi connectivity index (χ2v) is 19.9. The molecule has 0 aliphatic heterocycles. The van der Waals surface area contributed by atoms with E-state index in [0.717, 1.165) is 89.9 Å². The summed E-state index contributed by atoms with van der Waals surface area (Å²) in [6, 6.07) is 0. The van der Waals surface area contributed by atoms with Crippen molar-refractivity contribution in [2.45, 2.75) is 316 Å². The Labute approximate surface area is 422 Å². The number of carbonyl (C=O) groups is 3. The maximum atomic E-state index is 12.9. The molecule has 6 nitrogen and oxygen atoms in total. The predicted molar refractivity (Wildman–Crippen MR) is 293 cm³/mol. The summed E-state index contributed by atoms with van der Waals surface area (Å²) in [5.74, 6) is -0.879. The van der Waals surface area contributed by atoms with Gasteiger partial charge >= 0.3 is 17.9 Å². The molecule has 0 rings (SSSR count). The molecule has 0 aromatic rings. The van der Waals surface area contributed by atoms with E-state index < -0.39 is 6.10 Å². The van der Waals surface area contributed by atoms with Gasteiger partial charge in [-0.15, -0.1) is 0 Å².